The normalized spacial score (nSPS) is 11.9. The molecule has 3 aromatic rings. The molecule has 0 bridgehead atoms. The largest absolute Gasteiger partial charge is 0.378 e. The Morgan fingerprint density at radius 3 is 2.52 bits per heavy atom. The Bertz CT molecular complexity index is 798. The van der Waals surface area contributed by atoms with Crippen LogP contribution in [-0.2, 0) is 0 Å². The van der Waals surface area contributed by atoms with E-state index in [1.807, 2.05) is 48.1 Å². The number of hydrogen-bond acceptors (Lipinski definition) is 4. The lowest BCUT2D eigenvalue weighted by molar-refractivity contribution is -0.384. The minimum Gasteiger partial charge on any atom is -0.378 e. The van der Waals surface area contributed by atoms with Crippen LogP contribution in [0.15, 0.2) is 67.0 Å². The lowest BCUT2D eigenvalue weighted by Crippen LogP contribution is -2.10. The van der Waals surface area contributed by atoms with Gasteiger partial charge in [0.05, 0.1) is 16.7 Å². The van der Waals surface area contributed by atoms with Crippen LogP contribution < -0.4 is 5.32 Å². The predicted molar refractivity (Wildman–Crippen MR) is 88.7 cm³/mol. The first-order chi connectivity index (χ1) is 11.1. The molecule has 0 fully saturated rings. The van der Waals surface area contributed by atoms with Crippen molar-refractivity contribution in [3.05, 3.63) is 82.7 Å². The number of hydrogen-bond donors (Lipinski definition) is 1. The van der Waals surface area contributed by atoms with E-state index in [0.29, 0.717) is 0 Å². The molecule has 0 aliphatic heterocycles. The van der Waals surface area contributed by atoms with Gasteiger partial charge in [-0.2, -0.15) is 5.10 Å². The number of non-ortho nitro benzene ring substituents is 1. The molecule has 0 saturated carbocycles. The van der Waals surface area contributed by atoms with Crippen LogP contribution in [0.1, 0.15) is 18.5 Å². The van der Waals surface area contributed by atoms with Gasteiger partial charge in [0.15, 0.2) is 0 Å². The van der Waals surface area contributed by atoms with Gasteiger partial charge in [-0.3, -0.25) is 10.1 Å². The molecule has 23 heavy (non-hydrogen) atoms. The molecular formula is C17H16N4O2. The topological polar surface area (TPSA) is 73.0 Å². The minimum atomic E-state index is -0.403. The summed E-state index contributed by atoms with van der Waals surface area (Å²) < 4.78 is 1.82. The Labute approximate surface area is 133 Å². The van der Waals surface area contributed by atoms with Gasteiger partial charge in [0.2, 0.25) is 0 Å². The highest BCUT2D eigenvalue weighted by molar-refractivity contribution is 5.52. The number of benzene rings is 2. The van der Waals surface area contributed by atoms with E-state index in [4.69, 9.17) is 0 Å². The van der Waals surface area contributed by atoms with Crippen LogP contribution in [0, 0.1) is 10.1 Å². The Hall–Kier alpha value is -3.15. The zero-order chi connectivity index (χ0) is 16.2. The lowest BCUT2D eigenvalue weighted by Gasteiger charge is -2.19. The van der Waals surface area contributed by atoms with Crippen molar-refractivity contribution in [2.75, 3.05) is 5.32 Å². The van der Waals surface area contributed by atoms with Gasteiger partial charge in [-0.15, -0.1) is 0 Å². The van der Waals surface area contributed by atoms with E-state index in [9.17, 15) is 10.1 Å². The number of rotatable bonds is 5. The summed E-state index contributed by atoms with van der Waals surface area (Å²) in [4.78, 5) is 10.3. The second kappa shape index (κ2) is 6.31. The molecule has 0 radical (unpaired) electrons. The number of nitrogens with zero attached hydrogens (tertiary/aromatic N) is 3. The van der Waals surface area contributed by atoms with E-state index in [0.717, 1.165) is 16.9 Å². The first kappa shape index (κ1) is 14.8. The quantitative estimate of drug-likeness (QED) is 0.572. The van der Waals surface area contributed by atoms with Crippen molar-refractivity contribution in [1.29, 1.82) is 0 Å². The highest BCUT2D eigenvalue weighted by atomic mass is 16.6. The molecule has 6 nitrogen and oxygen atoms in total. The first-order valence-electron chi connectivity index (χ1n) is 7.25. The van der Waals surface area contributed by atoms with Gasteiger partial charge in [-0.05, 0) is 36.8 Å². The molecule has 0 amide bonds. The van der Waals surface area contributed by atoms with Gasteiger partial charge in [0, 0.05) is 30.2 Å². The maximum absolute atomic E-state index is 10.7. The summed E-state index contributed by atoms with van der Waals surface area (Å²) in [7, 11) is 0. The summed E-state index contributed by atoms with van der Waals surface area (Å²) in [6.45, 7) is 2.05. The second-order valence-corrected chi connectivity index (χ2v) is 5.18. The van der Waals surface area contributed by atoms with Crippen LogP contribution in [0.25, 0.3) is 5.69 Å². The molecule has 0 spiro atoms. The zero-order valence-electron chi connectivity index (χ0n) is 12.6. The SMILES string of the molecule is CC(Nc1ccc([N+](=O)[O-])cc1)c1ccccc1-n1cccn1. The van der Waals surface area contributed by atoms with Crippen molar-refractivity contribution in [2.24, 2.45) is 0 Å². The molecule has 0 aliphatic carbocycles. The van der Waals surface area contributed by atoms with Gasteiger partial charge in [-0.25, -0.2) is 4.68 Å². The first-order valence-corrected chi connectivity index (χ1v) is 7.25. The third-order valence-corrected chi connectivity index (χ3v) is 3.62. The molecule has 2 aromatic carbocycles. The summed E-state index contributed by atoms with van der Waals surface area (Å²) in [6.07, 6.45) is 3.64. The van der Waals surface area contributed by atoms with Gasteiger partial charge >= 0.3 is 0 Å². The number of nitro benzene ring substituents is 1. The predicted octanol–water partition coefficient (Wildman–Crippen LogP) is 3.95. The molecule has 6 heteroatoms. The maximum Gasteiger partial charge on any atom is 0.269 e. The number of nitrogens with one attached hydrogen (secondary N) is 1. The van der Waals surface area contributed by atoms with Crippen molar-refractivity contribution in [3.63, 3.8) is 0 Å². The average Bonchev–Trinajstić information content (AvgIpc) is 3.09. The average molecular weight is 308 g/mol. The fraction of sp³-hybridized carbons (Fsp3) is 0.118. The molecule has 0 aliphatic rings. The smallest absolute Gasteiger partial charge is 0.269 e. The van der Waals surface area contributed by atoms with Crippen LogP contribution >= 0.6 is 0 Å². The van der Waals surface area contributed by atoms with Gasteiger partial charge < -0.3 is 5.32 Å². The van der Waals surface area contributed by atoms with Crippen molar-refractivity contribution in [3.8, 4) is 5.69 Å². The van der Waals surface area contributed by atoms with Gasteiger partial charge in [0.25, 0.3) is 5.69 Å². The van der Waals surface area contributed by atoms with E-state index in [1.165, 1.54) is 12.1 Å². The minimum absolute atomic E-state index is 0.0249. The van der Waals surface area contributed by atoms with E-state index in [2.05, 4.69) is 10.4 Å². The summed E-state index contributed by atoms with van der Waals surface area (Å²) in [5.41, 5.74) is 3.01. The Balaban J connectivity index is 1.84. The van der Waals surface area contributed by atoms with E-state index in [-0.39, 0.29) is 11.7 Å². The van der Waals surface area contributed by atoms with Gasteiger partial charge in [0.1, 0.15) is 0 Å². The molecule has 1 heterocycles. The molecular weight excluding hydrogens is 292 g/mol. The standard InChI is InChI=1S/C17H16N4O2/c1-13(19-14-7-9-15(10-8-14)21(22)23)16-5-2-3-6-17(16)20-12-4-11-18-20/h2-13,19H,1H3. The van der Waals surface area contributed by atoms with Gasteiger partial charge in [-0.1, -0.05) is 18.2 Å². The van der Waals surface area contributed by atoms with Crippen LogP contribution in [0.3, 0.4) is 0 Å². The molecule has 1 aromatic heterocycles. The lowest BCUT2D eigenvalue weighted by atomic mass is 10.1. The molecule has 1 N–H and O–H groups in total. The van der Waals surface area contributed by atoms with Crippen LogP contribution in [0.5, 0.6) is 0 Å². The Kier molecular flexibility index (Phi) is 4.05. The van der Waals surface area contributed by atoms with E-state index < -0.39 is 4.92 Å². The number of para-hydroxylation sites is 1. The van der Waals surface area contributed by atoms with Crippen molar-refractivity contribution in [1.82, 2.24) is 9.78 Å². The van der Waals surface area contributed by atoms with Crippen LogP contribution in [0.2, 0.25) is 0 Å². The van der Waals surface area contributed by atoms with Crippen molar-refractivity contribution in [2.45, 2.75) is 13.0 Å². The number of anilines is 1. The fourth-order valence-electron chi connectivity index (χ4n) is 2.48. The molecule has 1 unspecified atom stereocenters. The van der Waals surface area contributed by atoms with Crippen molar-refractivity contribution >= 4 is 11.4 Å². The zero-order valence-corrected chi connectivity index (χ0v) is 12.6. The van der Waals surface area contributed by atoms with E-state index >= 15 is 0 Å². The summed E-state index contributed by atoms with van der Waals surface area (Å²) in [5.74, 6) is 0. The monoisotopic (exact) mass is 308 g/mol. The highest BCUT2D eigenvalue weighted by Crippen LogP contribution is 2.25. The fourth-order valence-corrected chi connectivity index (χ4v) is 2.48. The Morgan fingerprint density at radius 1 is 1.13 bits per heavy atom. The molecule has 3 rings (SSSR count). The summed E-state index contributed by atoms with van der Waals surface area (Å²) in [5, 5.41) is 18.4. The third-order valence-electron chi connectivity index (χ3n) is 3.62. The second-order valence-electron chi connectivity index (χ2n) is 5.18. The summed E-state index contributed by atoms with van der Waals surface area (Å²) in [6, 6.07) is 16.3. The third kappa shape index (κ3) is 3.21. The van der Waals surface area contributed by atoms with E-state index in [1.54, 1.807) is 18.3 Å². The molecule has 116 valence electrons. The summed E-state index contributed by atoms with van der Waals surface area (Å²) >= 11 is 0. The molecule has 1 atom stereocenters. The highest BCUT2D eigenvalue weighted by Gasteiger charge is 2.12. The van der Waals surface area contributed by atoms with Crippen LogP contribution in [-0.4, -0.2) is 14.7 Å². The van der Waals surface area contributed by atoms with Crippen LogP contribution in [0.4, 0.5) is 11.4 Å². The maximum atomic E-state index is 10.7. The number of aromatic nitrogens is 2. The number of nitro groups is 1. The Morgan fingerprint density at radius 2 is 1.87 bits per heavy atom. The van der Waals surface area contributed by atoms with Crippen molar-refractivity contribution < 1.29 is 4.92 Å². The molecule has 0 saturated heterocycles.